The van der Waals surface area contributed by atoms with Gasteiger partial charge in [0.25, 0.3) is 0 Å². The Bertz CT molecular complexity index is 1170. The molecule has 206 valence electrons. The van der Waals surface area contributed by atoms with E-state index in [2.05, 4.69) is 19.1 Å². The predicted octanol–water partition coefficient (Wildman–Crippen LogP) is 7.59. The number of rotatable bonds is 6. The molecular formula is C31H40ClNO5. The first-order valence-electron chi connectivity index (χ1n) is 13.6. The summed E-state index contributed by atoms with van der Waals surface area (Å²) < 4.78 is 16.8. The Labute approximate surface area is 231 Å². The number of halogens is 1. The maximum absolute atomic E-state index is 14.1. The first kappa shape index (κ1) is 28.3. The van der Waals surface area contributed by atoms with E-state index in [1.807, 2.05) is 65.0 Å². The van der Waals surface area contributed by atoms with Gasteiger partial charge in [-0.3, -0.25) is 4.79 Å². The molecule has 1 heterocycles. The lowest BCUT2D eigenvalue weighted by Crippen LogP contribution is -2.44. The number of imide groups is 1. The van der Waals surface area contributed by atoms with E-state index in [1.54, 1.807) is 7.11 Å². The molecule has 0 radical (unpaired) electrons. The Morgan fingerprint density at radius 2 is 1.76 bits per heavy atom. The van der Waals surface area contributed by atoms with Crippen LogP contribution in [0.25, 0.3) is 0 Å². The van der Waals surface area contributed by atoms with Crippen LogP contribution in [0.4, 0.5) is 4.79 Å². The summed E-state index contributed by atoms with van der Waals surface area (Å²) in [6.07, 6.45) is 1.53. The topological polar surface area (TPSA) is 65.1 Å². The van der Waals surface area contributed by atoms with Gasteiger partial charge in [-0.2, -0.15) is 0 Å². The molecule has 6 nitrogen and oxygen atoms in total. The zero-order chi connectivity index (χ0) is 27.8. The average molecular weight is 542 g/mol. The normalized spacial score (nSPS) is 27.2. The maximum Gasteiger partial charge on any atom is 0.417 e. The van der Waals surface area contributed by atoms with Crippen LogP contribution in [-0.4, -0.2) is 42.3 Å². The number of ether oxygens (including phenoxy) is 3. The first-order chi connectivity index (χ1) is 18.0. The van der Waals surface area contributed by atoms with Crippen molar-refractivity contribution in [2.24, 2.45) is 11.3 Å². The zero-order valence-corrected chi connectivity index (χ0v) is 24.3. The van der Waals surface area contributed by atoms with E-state index in [1.165, 1.54) is 4.90 Å². The van der Waals surface area contributed by atoms with Crippen LogP contribution in [0.3, 0.4) is 0 Å². The molecule has 4 rings (SSSR count). The van der Waals surface area contributed by atoms with E-state index < -0.39 is 17.1 Å². The number of carbonyl (C=O) groups excluding carboxylic acids is 2. The van der Waals surface area contributed by atoms with Gasteiger partial charge in [-0.25, -0.2) is 9.69 Å². The quantitative estimate of drug-likeness (QED) is 0.377. The fraction of sp³-hybridized carbons (Fsp3) is 0.548. The fourth-order valence-corrected chi connectivity index (χ4v) is 7.06. The smallest absolute Gasteiger partial charge is 0.417 e. The minimum atomic E-state index is -0.697. The largest absolute Gasteiger partial charge is 0.497 e. The molecule has 0 bridgehead atoms. The summed E-state index contributed by atoms with van der Waals surface area (Å²) in [5, 5.41) is 0.648. The minimum absolute atomic E-state index is 0.0448. The average Bonchev–Trinajstić information content (AvgIpc) is 3.10. The molecule has 1 saturated heterocycles. The summed E-state index contributed by atoms with van der Waals surface area (Å²) in [5.41, 5.74) is 0.789. The van der Waals surface area contributed by atoms with Crippen LogP contribution in [0.15, 0.2) is 42.5 Å². The molecule has 0 N–H and O–H groups in total. The van der Waals surface area contributed by atoms with E-state index >= 15 is 0 Å². The second-order valence-corrected chi connectivity index (χ2v) is 11.9. The van der Waals surface area contributed by atoms with Crippen LogP contribution < -0.4 is 9.47 Å². The van der Waals surface area contributed by atoms with Gasteiger partial charge in [-0.05, 0) is 101 Å². The van der Waals surface area contributed by atoms with Crippen molar-refractivity contribution in [2.75, 3.05) is 13.7 Å². The third kappa shape index (κ3) is 5.00. The SMILES string of the molecule is CCOc1ccc([C@@H]2[C@@H]3[C@H](C)N(C(=O)OC(C)(C)C)C(=O)[C@]3(CC)CC[C@H]2c2ccc(OC)cc2Cl)cc1. The Morgan fingerprint density at radius 1 is 1.11 bits per heavy atom. The van der Waals surface area contributed by atoms with Crippen molar-refractivity contribution >= 4 is 23.6 Å². The van der Waals surface area contributed by atoms with Gasteiger partial charge in [-0.15, -0.1) is 0 Å². The Morgan fingerprint density at radius 3 is 2.32 bits per heavy atom. The third-order valence-electron chi connectivity index (χ3n) is 8.34. The van der Waals surface area contributed by atoms with Gasteiger partial charge in [0.15, 0.2) is 0 Å². The number of hydrogen-bond acceptors (Lipinski definition) is 5. The van der Waals surface area contributed by atoms with Crippen molar-refractivity contribution in [3.63, 3.8) is 0 Å². The van der Waals surface area contributed by atoms with Crippen molar-refractivity contribution in [1.29, 1.82) is 0 Å². The Hall–Kier alpha value is -2.73. The number of nitrogens with zero attached hydrogens (tertiary/aromatic N) is 1. The molecule has 1 aliphatic carbocycles. The van der Waals surface area contributed by atoms with E-state index in [4.69, 9.17) is 25.8 Å². The van der Waals surface area contributed by atoms with Crippen LogP contribution >= 0.6 is 11.6 Å². The lowest BCUT2D eigenvalue weighted by molar-refractivity contribution is -0.138. The highest BCUT2D eigenvalue weighted by atomic mass is 35.5. The zero-order valence-electron chi connectivity index (χ0n) is 23.5. The molecule has 7 heteroatoms. The summed E-state index contributed by atoms with van der Waals surface area (Å²) in [6, 6.07) is 13.7. The second kappa shape index (κ2) is 10.8. The maximum atomic E-state index is 14.1. The molecule has 0 unspecified atom stereocenters. The summed E-state index contributed by atoms with van der Waals surface area (Å²) in [7, 11) is 1.63. The first-order valence-corrected chi connectivity index (χ1v) is 14.0. The Kier molecular flexibility index (Phi) is 8.04. The van der Waals surface area contributed by atoms with Crippen LogP contribution in [0.2, 0.25) is 5.02 Å². The number of benzene rings is 2. The Balaban J connectivity index is 1.85. The highest BCUT2D eigenvalue weighted by Crippen LogP contribution is 2.62. The van der Waals surface area contributed by atoms with E-state index in [-0.39, 0.29) is 29.7 Å². The second-order valence-electron chi connectivity index (χ2n) is 11.5. The van der Waals surface area contributed by atoms with Crippen molar-refractivity contribution in [3.05, 3.63) is 58.6 Å². The van der Waals surface area contributed by atoms with Gasteiger partial charge in [0.05, 0.1) is 19.1 Å². The van der Waals surface area contributed by atoms with Crippen LogP contribution in [0.5, 0.6) is 11.5 Å². The van der Waals surface area contributed by atoms with Gasteiger partial charge in [0.1, 0.15) is 17.1 Å². The monoisotopic (exact) mass is 541 g/mol. The fourth-order valence-electron chi connectivity index (χ4n) is 6.75. The van der Waals surface area contributed by atoms with Crippen molar-refractivity contribution in [2.45, 2.75) is 84.3 Å². The molecule has 2 fully saturated rings. The number of likely N-dealkylation sites (tertiary alicyclic amines) is 1. The van der Waals surface area contributed by atoms with Crippen molar-refractivity contribution in [3.8, 4) is 11.5 Å². The molecule has 2 aliphatic rings. The predicted molar refractivity (Wildman–Crippen MR) is 149 cm³/mol. The standard InChI is InChI=1S/C31H40ClNO5/c1-8-31-17-16-24(23-15-14-22(36-7)18-25(23)32)26(20-10-12-21(13-11-20)37-9-2)27(31)19(3)33(28(31)34)29(35)38-30(4,5)6/h10-15,18-19,24,26-27H,8-9,16-17H2,1-7H3/t19-,24-,26-,27-,31+/m0/s1. The van der Waals surface area contributed by atoms with E-state index in [0.717, 1.165) is 23.3 Å². The van der Waals surface area contributed by atoms with Gasteiger partial charge in [0, 0.05) is 17.0 Å². The van der Waals surface area contributed by atoms with E-state index in [9.17, 15) is 9.59 Å². The lowest BCUT2D eigenvalue weighted by atomic mass is 9.54. The number of methoxy groups -OCH3 is 1. The number of amides is 2. The highest BCUT2D eigenvalue weighted by Gasteiger charge is 2.64. The summed E-state index contributed by atoms with van der Waals surface area (Å²) in [6.45, 7) is 12.1. The lowest BCUT2D eigenvalue weighted by Gasteiger charge is -2.47. The molecule has 2 amide bonds. The van der Waals surface area contributed by atoms with Crippen LogP contribution in [-0.2, 0) is 9.53 Å². The molecule has 2 aromatic rings. The molecule has 0 spiro atoms. The van der Waals surface area contributed by atoms with E-state index in [0.29, 0.717) is 30.2 Å². The van der Waals surface area contributed by atoms with Gasteiger partial charge < -0.3 is 14.2 Å². The number of carbonyl (C=O) groups is 2. The van der Waals surface area contributed by atoms with Crippen molar-refractivity contribution in [1.82, 2.24) is 4.90 Å². The molecule has 1 aliphatic heterocycles. The third-order valence-corrected chi connectivity index (χ3v) is 8.66. The molecular weight excluding hydrogens is 502 g/mol. The number of fused-ring (bicyclic) bond motifs is 1. The number of hydrogen-bond donors (Lipinski definition) is 0. The molecule has 5 atom stereocenters. The minimum Gasteiger partial charge on any atom is -0.497 e. The van der Waals surface area contributed by atoms with Gasteiger partial charge >= 0.3 is 6.09 Å². The molecule has 2 aromatic carbocycles. The van der Waals surface area contributed by atoms with Gasteiger partial charge in [-0.1, -0.05) is 36.7 Å². The molecule has 38 heavy (non-hydrogen) atoms. The highest BCUT2D eigenvalue weighted by molar-refractivity contribution is 6.31. The summed E-state index contributed by atoms with van der Waals surface area (Å²) >= 11 is 6.84. The summed E-state index contributed by atoms with van der Waals surface area (Å²) in [5.74, 6) is 1.29. The van der Waals surface area contributed by atoms with Crippen LogP contribution in [0.1, 0.15) is 83.8 Å². The molecule has 1 saturated carbocycles. The molecule has 0 aromatic heterocycles. The summed E-state index contributed by atoms with van der Waals surface area (Å²) in [4.78, 5) is 28.8. The van der Waals surface area contributed by atoms with Crippen LogP contribution in [0, 0.1) is 11.3 Å². The van der Waals surface area contributed by atoms with Gasteiger partial charge in [0.2, 0.25) is 5.91 Å². The van der Waals surface area contributed by atoms with Crippen molar-refractivity contribution < 1.29 is 23.8 Å².